The van der Waals surface area contributed by atoms with Crippen molar-refractivity contribution in [1.29, 1.82) is 0 Å². The molecule has 0 nitrogen and oxygen atoms in total. The molecule has 0 heterocycles. The first-order valence-electron chi connectivity index (χ1n) is 1.00. The molecule has 0 amide bonds. The van der Waals surface area contributed by atoms with Crippen LogP contribution < -0.4 is 0 Å². The SMILES string of the molecule is C.C[Si]C. The Morgan fingerprint density at radius 2 is 1.25 bits per heavy atom. The molecule has 2 radical (unpaired) electrons. The van der Waals surface area contributed by atoms with Gasteiger partial charge >= 0.3 is 0 Å². The minimum absolute atomic E-state index is 0. The Hall–Kier alpha value is 0.217. The summed E-state index contributed by atoms with van der Waals surface area (Å²) in [6.45, 7) is 4.31. The summed E-state index contributed by atoms with van der Waals surface area (Å²) >= 11 is 0. The van der Waals surface area contributed by atoms with Crippen LogP contribution in [0.2, 0.25) is 13.1 Å². The van der Waals surface area contributed by atoms with Crippen molar-refractivity contribution in [3.8, 4) is 0 Å². The van der Waals surface area contributed by atoms with Gasteiger partial charge in [-0.1, -0.05) is 20.5 Å². The van der Waals surface area contributed by atoms with Crippen LogP contribution in [0.4, 0.5) is 0 Å². The average molecular weight is 74.2 g/mol. The molecule has 0 bridgehead atoms. The normalized spacial score (nSPS) is 4.50. The van der Waals surface area contributed by atoms with Crippen LogP contribution in [0.5, 0.6) is 0 Å². The molecule has 1 heteroatoms. The maximum atomic E-state index is 2.15. The molecule has 0 aromatic rings. The third-order valence-corrected chi connectivity index (χ3v) is 0. The van der Waals surface area contributed by atoms with Crippen LogP contribution in [0.3, 0.4) is 0 Å². The van der Waals surface area contributed by atoms with Gasteiger partial charge in [-0.3, -0.25) is 0 Å². The van der Waals surface area contributed by atoms with E-state index < -0.39 is 0 Å². The molecule has 26 valence electrons. The lowest BCUT2D eigenvalue weighted by molar-refractivity contribution is 2.14. The fraction of sp³-hybridized carbons (Fsp3) is 1.00. The zero-order chi connectivity index (χ0) is 2.71. The fourth-order valence-electron chi connectivity index (χ4n) is 0. The van der Waals surface area contributed by atoms with E-state index in [4.69, 9.17) is 0 Å². The lowest BCUT2D eigenvalue weighted by atomic mass is 11.9. The van der Waals surface area contributed by atoms with Crippen LogP contribution in [-0.4, -0.2) is 9.52 Å². The molecule has 0 rings (SSSR count). The number of rotatable bonds is 0. The second kappa shape index (κ2) is 10.7. The molecule has 0 aliphatic rings. The Morgan fingerprint density at radius 1 is 1.25 bits per heavy atom. The summed E-state index contributed by atoms with van der Waals surface area (Å²) in [4.78, 5) is 0. The first-order valence-corrected chi connectivity index (χ1v) is 3.00. The van der Waals surface area contributed by atoms with Crippen molar-refractivity contribution in [3.05, 3.63) is 0 Å². The maximum absolute atomic E-state index is 2.15. The molecular formula is C3H10Si. The molecule has 4 heavy (non-hydrogen) atoms. The number of hydrogen-bond acceptors (Lipinski definition) is 0. The molecule has 0 N–H and O–H groups in total. The summed E-state index contributed by atoms with van der Waals surface area (Å²) in [6.07, 6.45) is 0. The zero-order valence-corrected chi connectivity index (χ0v) is 3.50. The highest BCUT2D eigenvalue weighted by Crippen LogP contribution is 1.36. The van der Waals surface area contributed by atoms with Crippen molar-refractivity contribution in [1.82, 2.24) is 0 Å². The van der Waals surface area contributed by atoms with Gasteiger partial charge in [-0.2, -0.15) is 0 Å². The Labute approximate surface area is 31.0 Å². The molecule has 0 spiro atoms. The van der Waals surface area contributed by atoms with E-state index in [0.29, 0.717) is 0 Å². The van der Waals surface area contributed by atoms with Crippen molar-refractivity contribution in [2.24, 2.45) is 0 Å². The van der Waals surface area contributed by atoms with Crippen LogP contribution in [0.1, 0.15) is 7.43 Å². The second-order valence-electron chi connectivity index (χ2n) is 0.500. The van der Waals surface area contributed by atoms with Crippen LogP contribution in [0, 0.1) is 0 Å². The van der Waals surface area contributed by atoms with E-state index in [9.17, 15) is 0 Å². The van der Waals surface area contributed by atoms with Gasteiger partial charge in [0.05, 0.1) is 0 Å². The van der Waals surface area contributed by atoms with Gasteiger partial charge in [0.25, 0.3) is 0 Å². The highest BCUT2D eigenvalue weighted by atomic mass is 28.2. The number of hydrogen-bond donors (Lipinski definition) is 0. The van der Waals surface area contributed by atoms with Gasteiger partial charge in [-0.25, -0.2) is 0 Å². The molecule has 0 aromatic carbocycles. The van der Waals surface area contributed by atoms with Crippen molar-refractivity contribution in [3.63, 3.8) is 0 Å². The van der Waals surface area contributed by atoms with E-state index in [1.54, 1.807) is 0 Å². The van der Waals surface area contributed by atoms with Crippen LogP contribution in [0.25, 0.3) is 0 Å². The van der Waals surface area contributed by atoms with Gasteiger partial charge in [0.2, 0.25) is 0 Å². The van der Waals surface area contributed by atoms with Crippen molar-refractivity contribution in [2.45, 2.75) is 20.5 Å². The van der Waals surface area contributed by atoms with Gasteiger partial charge in [0.1, 0.15) is 0 Å². The van der Waals surface area contributed by atoms with E-state index in [1.165, 1.54) is 0 Å². The predicted octanol–water partition coefficient (Wildman–Crippen LogP) is 1.42. The Balaban J connectivity index is 0. The van der Waals surface area contributed by atoms with E-state index in [1.807, 2.05) is 0 Å². The highest BCUT2D eigenvalue weighted by Gasteiger charge is 1.39. The molecule has 0 saturated carbocycles. The largest absolute Gasteiger partial charge is 0.0776 e. The third kappa shape index (κ3) is 69.8. The molecule has 0 saturated heterocycles. The molecule has 0 unspecified atom stereocenters. The van der Waals surface area contributed by atoms with Crippen molar-refractivity contribution < 1.29 is 0 Å². The quantitative estimate of drug-likeness (QED) is 0.381. The lowest BCUT2D eigenvalue weighted by Gasteiger charge is -1.44. The minimum atomic E-state index is 0. The molecule has 0 atom stereocenters. The highest BCUT2D eigenvalue weighted by molar-refractivity contribution is 6.31. The maximum Gasteiger partial charge on any atom is 0.0307 e. The summed E-state index contributed by atoms with van der Waals surface area (Å²) in [5, 5.41) is 0. The summed E-state index contributed by atoms with van der Waals surface area (Å²) in [6, 6.07) is 0. The minimum Gasteiger partial charge on any atom is -0.0776 e. The Morgan fingerprint density at radius 3 is 1.25 bits per heavy atom. The van der Waals surface area contributed by atoms with E-state index in [2.05, 4.69) is 13.1 Å². The summed E-state index contributed by atoms with van der Waals surface area (Å²) in [5.41, 5.74) is 0. The van der Waals surface area contributed by atoms with E-state index in [0.717, 1.165) is 9.52 Å². The van der Waals surface area contributed by atoms with Crippen LogP contribution >= 0.6 is 0 Å². The van der Waals surface area contributed by atoms with Crippen molar-refractivity contribution >= 4 is 9.52 Å². The zero-order valence-electron chi connectivity index (χ0n) is 2.50. The predicted molar refractivity (Wildman–Crippen MR) is 24.2 cm³/mol. The van der Waals surface area contributed by atoms with E-state index in [-0.39, 0.29) is 7.43 Å². The fourth-order valence-corrected chi connectivity index (χ4v) is 0. The molecule has 0 aromatic heterocycles. The Kier molecular flexibility index (Phi) is 23.7. The van der Waals surface area contributed by atoms with Gasteiger partial charge in [0.15, 0.2) is 0 Å². The molecular weight excluding hydrogens is 64.1 g/mol. The molecule has 0 fully saturated rings. The molecule has 0 aliphatic carbocycles. The summed E-state index contributed by atoms with van der Waals surface area (Å²) < 4.78 is 0. The van der Waals surface area contributed by atoms with Gasteiger partial charge in [-0.15, -0.1) is 0 Å². The van der Waals surface area contributed by atoms with Crippen LogP contribution in [0.15, 0.2) is 0 Å². The van der Waals surface area contributed by atoms with Gasteiger partial charge in [0, 0.05) is 9.52 Å². The van der Waals surface area contributed by atoms with Gasteiger partial charge in [-0.05, 0) is 0 Å². The van der Waals surface area contributed by atoms with E-state index >= 15 is 0 Å². The monoisotopic (exact) mass is 74.1 g/mol. The van der Waals surface area contributed by atoms with Gasteiger partial charge < -0.3 is 0 Å². The van der Waals surface area contributed by atoms with Crippen molar-refractivity contribution in [2.75, 3.05) is 0 Å². The van der Waals surface area contributed by atoms with Crippen LogP contribution in [-0.2, 0) is 0 Å². The third-order valence-electron chi connectivity index (χ3n) is 0. The smallest absolute Gasteiger partial charge is 0.0307 e. The second-order valence-corrected chi connectivity index (χ2v) is 1.50. The lowest BCUT2D eigenvalue weighted by Crippen LogP contribution is -1.53. The Bertz CT molecular complexity index is 3.25. The summed E-state index contributed by atoms with van der Waals surface area (Å²) in [5.74, 6) is 0. The average Bonchev–Trinajstić information content (AvgIpc) is 0.918. The topological polar surface area (TPSA) is 0 Å². The standard InChI is InChI=1S/C2H6Si.CH4/c1-3-2;/h1-2H3;1H4. The first-order chi connectivity index (χ1) is 1.41. The molecule has 0 aliphatic heterocycles. The summed E-state index contributed by atoms with van der Waals surface area (Å²) in [7, 11) is 1.08. The first kappa shape index (κ1) is 8.88.